The van der Waals surface area contributed by atoms with Crippen molar-refractivity contribution in [3.8, 4) is 0 Å². The van der Waals surface area contributed by atoms with Gasteiger partial charge in [0.15, 0.2) is 0 Å². The molecule has 1 spiro atoms. The van der Waals surface area contributed by atoms with E-state index in [-0.39, 0.29) is 0 Å². The van der Waals surface area contributed by atoms with Crippen molar-refractivity contribution in [3.63, 3.8) is 0 Å². The predicted molar refractivity (Wildman–Crippen MR) is 60.1 cm³/mol. The fraction of sp³-hybridized carbons (Fsp3) is 0.571. The third kappa shape index (κ3) is 1.28. The molecule has 2 saturated carbocycles. The second-order valence-corrected chi connectivity index (χ2v) is 5.01. The van der Waals surface area contributed by atoms with Crippen molar-refractivity contribution in [1.82, 2.24) is 0 Å². The van der Waals surface area contributed by atoms with Gasteiger partial charge in [-0.05, 0) is 43.3 Å². The Morgan fingerprint density at radius 1 is 0.929 bits per heavy atom. The fourth-order valence-corrected chi connectivity index (χ4v) is 3.24. The highest BCUT2D eigenvalue weighted by Crippen LogP contribution is 2.45. The summed E-state index contributed by atoms with van der Waals surface area (Å²) in [5, 5.41) is 0. The van der Waals surface area contributed by atoms with E-state index in [1.165, 1.54) is 44.9 Å². The van der Waals surface area contributed by atoms with Crippen molar-refractivity contribution in [2.45, 2.75) is 44.9 Å². The molecule has 0 aromatic rings. The molecule has 0 heterocycles. The van der Waals surface area contributed by atoms with Crippen LogP contribution in [0, 0.1) is 5.41 Å². The van der Waals surface area contributed by atoms with E-state index in [2.05, 4.69) is 24.3 Å². The van der Waals surface area contributed by atoms with Gasteiger partial charge in [-0.3, -0.25) is 0 Å². The van der Waals surface area contributed by atoms with Gasteiger partial charge >= 0.3 is 0 Å². The lowest BCUT2D eigenvalue weighted by atomic mass is 9.84. The van der Waals surface area contributed by atoms with Gasteiger partial charge in [0, 0.05) is 5.41 Å². The second-order valence-electron chi connectivity index (χ2n) is 5.01. The first-order valence-electron chi connectivity index (χ1n) is 5.99. The largest absolute Gasteiger partial charge is 0.0745 e. The van der Waals surface area contributed by atoms with E-state index in [1.54, 1.807) is 11.1 Å². The second kappa shape index (κ2) is 3.12. The zero-order chi connectivity index (χ0) is 9.43. The molecule has 0 atom stereocenters. The zero-order valence-corrected chi connectivity index (χ0v) is 8.76. The van der Waals surface area contributed by atoms with Crippen LogP contribution >= 0.6 is 0 Å². The van der Waals surface area contributed by atoms with Gasteiger partial charge in [-0.2, -0.15) is 0 Å². The molecule has 3 rings (SSSR count). The van der Waals surface area contributed by atoms with Gasteiger partial charge in [0.1, 0.15) is 0 Å². The molecule has 0 unspecified atom stereocenters. The lowest BCUT2D eigenvalue weighted by molar-refractivity contribution is 0.511. The van der Waals surface area contributed by atoms with E-state index in [0.29, 0.717) is 5.41 Å². The Morgan fingerprint density at radius 3 is 2.57 bits per heavy atom. The first-order chi connectivity index (χ1) is 6.88. The van der Waals surface area contributed by atoms with Gasteiger partial charge in [-0.25, -0.2) is 0 Å². The molecule has 0 aliphatic heterocycles. The van der Waals surface area contributed by atoms with Gasteiger partial charge in [0.25, 0.3) is 0 Å². The Morgan fingerprint density at radius 2 is 1.71 bits per heavy atom. The maximum Gasteiger partial charge on any atom is 0.00699 e. The van der Waals surface area contributed by atoms with E-state index in [0.717, 1.165) is 0 Å². The van der Waals surface area contributed by atoms with Crippen molar-refractivity contribution in [3.05, 3.63) is 35.5 Å². The van der Waals surface area contributed by atoms with Crippen LogP contribution < -0.4 is 0 Å². The molecule has 0 aromatic carbocycles. The molecular formula is C14H18. The number of hydrogen-bond donors (Lipinski definition) is 0. The van der Waals surface area contributed by atoms with E-state index < -0.39 is 0 Å². The monoisotopic (exact) mass is 186 g/mol. The molecular weight excluding hydrogens is 168 g/mol. The van der Waals surface area contributed by atoms with Crippen LogP contribution in [0.25, 0.3) is 0 Å². The molecule has 3 aliphatic carbocycles. The number of rotatable bonds is 0. The highest BCUT2D eigenvalue weighted by Gasteiger charge is 2.31. The Kier molecular flexibility index (Phi) is 1.90. The summed E-state index contributed by atoms with van der Waals surface area (Å²) in [4.78, 5) is 0. The van der Waals surface area contributed by atoms with Crippen molar-refractivity contribution in [2.75, 3.05) is 0 Å². The third-order valence-electron chi connectivity index (χ3n) is 4.03. The molecule has 0 saturated heterocycles. The summed E-state index contributed by atoms with van der Waals surface area (Å²) >= 11 is 0. The van der Waals surface area contributed by atoms with Gasteiger partial charge in [-0.1, -0.05) is 37.1 Å². The van der Waals surface area contributed by atoms with E-state index >= 15 is 0 Å². The summed E-state index contributed by atoms with van der Waals surface area (Å²) in [5.74, 6) is 0. The van der Waals surface area contributed by atoms with Crippen LogP contribution in [-0.2, 0) is 0 Å². The zero-order valence-electron chi connectivity index (χ0n) is 8.76. The Bertz CT molecular complexity index is 322. The van der Waals surface area contributed by atoms with Gasteiger partial charge in [0.2, 0.25) is 0 Å². The standard InChI is InChI=1S/C14H18/c1-2-9-14(8-1)10-4-7-12-5-3-6-13(12)11-14/h4,7,10-11H,1-3,5-6,8-9H2. The van der Waals surface area contributed by atoms with Crippen molar-refractivity contribution in [2.24, 2.45) is 5.41 Å². The minimum atomic E-state index is 0.456. The third-order valence-corrected chi connectivity index (χ3v) is 4.03. The molecule has 0 heteroatoms. The topological polar surface area (TPSA) is 0 Å². The first-order valence-corrected chi connectivity index (χ1v) is 5.99. The molecule has 0 amide bonds. The van der Waals surface area contributed by atoms with E-state index in [1.807, 2.05) is 0 Å². The Hall–Kier alpha value is -0.780. The highest BCUT2D eigenvalue weighted by molar-refractivity contribution is 5.42. The Balaban J connectivity index is 2.00. The lowest BCUT2D eigenvalue weighted by Gasteiger charge is -2.20. The number of hydrogen-bond acceptors (Lipinski definition) is 0. The minimum Gasteiger partial charge on any atom is -0.0745 e. The molecule has 2 fully saturated rings. The smallest absolute Gasteiger partial charge is 0.00699 e. The van der Waals surface area contributed by atoms with Crippen molar-refractivity contribution in [1.29, 1.82) is 0 Å². The van der Waals surface area contributed by atoms with Crippen LogP contribution in [0.3, 0.4) is 0 Å². The summed E-state index contributed by atoms with van der Waals surface area (Å²) < 4.78 is 0. The summed E-state index contributed by atoms with van der Waals surface area (Å²) in [6.07, 6.45) is 19.3. The predicted octanol–water partition coefficient (Wildman–Crippen LogP) is 4.15. The normalized spacial score (nSPS) is 28.6. The quantitative estimate of drug-likeness (QED) is 0.533. The molecule has 0 aromatic heterocycles. The molecule has 0 N–H and O–H groups in total. The van der Waals surface area contributed by atoms with Crippen molar-refractivity contribution < 1.29 is 0 Å². The fourth-order valence-electron chi connectivity index (χ4n) is 3.24. The minimum absolute atomic E-state index is 0.456. The molecule has 0 bridgehead atoms. The maximum absolute atomic E-state index is 2.60. The highest BCUT2D eigenvalue weighted by atomic mass is 14.4. The average Bonchev–Trinajstić information content (AvgIpc) is 2.75. The van der Waals surface area contributed by atoms with Gasteiger partial charge < -0.3 is 0 Å². The van der Waals surface area contributed by atoms with Crippen molar-refractivity contribution >= 4 is 0 Å². The molecule has 74 valence electrons. The summed E-state index contributed by atoms with van der Waals surface area (Å²) in [6, 6.07) is 0. The SMILES string of the molecule is C1=CC2(C=C3CCCC3=C1)CCCC2. The first kappa shape index (κ1) is 8.52. The molecule has 14 heavy (non-hydrogen) atoms. The van der Waals surface area contributed by atoms with Crippen LogP contribution in [0.15, 0.2) is 35.5 Å². The molecule has 0 nitrogen and oxygen atoms in total. The number of allylic oxidation sites excluding steroid dienone is 6. The van der Waals surface area contributed by atoms with Crippen LogP contribution in [-0.4, -0.2) is 0 Å². The lowest BCUT2D eigenvalue weighted by Crippen LogP contribution is -2.08. The summed E-state index contributed by atoms with van der Waals surface area (Å²) in [6.45, 7) is 0. The van der Waals surface area contributed by atoms with Crippen LogP contribution in [0.5, 0.6) is 0 Å². The number of fused-ring (bicyclic) bond motifs is 1. The summed E-state index contributed by atoms with van der Waals surface area (Å²) in [7, 11) is 0. The van der Waals surface area contributed by atoms with E-state index in [9.17, 15) is 0 Å². The van der Waals surface area contributed by atoms with Crippen LogP contribution in [0.1, 0.15) is 44.9 Å². The Labute approximate surface area is 86.4 Å². The molecule has 0 radical (unpaired) electrons. The van der Waals surface area contributed by atoms with Crippen LogP contribution in [0.4, 0.5) is 0 Å². The molecule has 3 aliphatic rings. The average molecular weight is 186 g/mol. The maximum atomic E-state index is 2.60. The van der Waals surface area contributed by atoms with Crippen LogP contribution in [0.2, 0.25) is 0 Å². The van der Waals surface area contributed by atoms with Gasteiger partial charge in [-0.15, -0.1) is 0 Å². The van der Waals surface area contributed by atoms with Gasteiger partial charge in [0.05, 0.1) is 0 Å². The summed E-state index contributed by atoms with van der Waals surface area (Å²) in [5.41, 5.74) is 3.74. The van der Waals surface area contributed by atoms with E-state index in [4.69, 9.17) is 0 Å².